The Hall–Kier alpha value is -6.72. The van der Waals surface area contributed by atoms with Crippen molar-refractivity contribution in [1.82, 2.24) is 44.2 Å². The van der Waals surface area contributed by atoms with Gasteiger partial charge in [-0.15, -0.1) is 10.2 Å². The number of rotatable bonds is 15. The molecule has 1 amide bonds. The van der Waals surface area contributed by atoms with Crippen molar-refractivity contribution in [3.05, 3.63) is 107 Å². The van der Waals surface area contributed by atoms with Gasteiger partial charge < -0.3 is 14.6 Å². The smallest absolute Gasteiger partial charge is 0.307 e. The maximum absolute atomic E-state index is 14.5. The largest absolute Gasteiger partial charge is 0.481 e. The van der Waals surface area contributed by atoms with Crippen LogP contribution >= 0.6 is 0 Å². The number of ether oxygens (including phenoxy) is 2. The number of primary sulfonamides is 1. The third kappa shape index (κ3) is 13.0. The van der Waals surface area contributed by atoms with Crippen molar-refractivity contribution in [3.63, 3.8) is 0 Å². The van der Waals surface area contributed by atoms with Crippen LogP contribution in [0, 0.1) is 11.6 Å². The SMILES string of the molecule is COc1cc(-c2cc(F)cc(C(C)C)c2CC(=O)NS(=O)(=O)c2ncn(C3CC3)n2)ccn1.COc1cc(-c2cc(F)cc(C(C)C)c2CC(=O)O)ccn1.NS(=O)(=O)c1ncn(C2CC2)n1. The van der Waals surface area contributed by atoms with Gasteiger partial charge in [0.05, 0.1) is 39.1 Å². The lowest BCUT2D eigenvalue weighted by atomic mass is 9.88. The standard InChI is InChI=1S/C22H24FN5O4S.C17H18FNO3.C5H8N4O2S/c1-13(2)17-9-15(23)10-18(14-6-7-24-21(8-14)32-3)19(17)11-20(29)27-33(30,31)22-25-12-28(26-22)16-4-5-16;1-10(2)13-7-12(18)8-14(15(13)9-17(20)21)11-4-5-19-16(6-11)22-3;6-12(10,11)5-7-3-9(8-5)4-1-2-4/h6-10,12-13,16H,4-5,11H2,1-3H3,(H,27,29);4-8,10H,9H2,1-3H3,(H,20,21);3-4H,1-2H2,(H2,6,10,11). The Bertz CT molecular complexity index is 2990. The van der Waals surface area contributed by atoms with E-state index in [2.05, 4.69) is 30.1 Å². The average molecular weight is 965 g/mol. The lowest BCUT2D eigenvalue weighted by Gasteiger charge is -2.18. The third-order valence-electron chi connectivity index (χ3n) is 10.5. The Morgan fingerprint density at radius 3 is 1.54 bits per heavy atom. The van der Waals surface area contributed by atoms with E-state index in [1.807, 2.05) is 32.4 Å². The topological polar surface area (TPSA) is 266 Å². The van der Waals surface area contributed by atoms with Crippen LogP contribution in [0.3, 0.4) is 0 Å². The van der Waals surface area contributed by atoms with E-state index in [0.717, 1.165) is 25.7 Å². The number of carboxylic acids is 1. The van der Waals surface area contributed by atoms with Crippen molar-refractivity contribution < 1.29 is 49.8 Å². The van der Waals surface area contributed by atoms with Crippen LogP contribution in [0.2, 0.25) is 0 Å². The van der Waals surface area contributed by atoms with E-state index in [1.54, 1.807) is 35.1 Å². The second kappa shape index (κ2) is 20.8. The summed E-state index contributed by atoms with van der Waals surface area (Å²) in [5.74, 6) is -1.93. The second-order valence-electron chi connectivity index (χ2n) is 16.3. The molecular weight excluding hydrogens is 915 g/mol. The van der Waals surface area contributed by atoms with Crippen molar-refractivity contribution in [2.45, 2.75) is 100 Å². The van der Waals surface area contributed by atoms with Crippen LogP contribution < -0.4 is 19.3 Å². The number of halogens is 2. The van der Waals surface area contributed by atoms with Crippen LogP contribution in [-0.2, 0) is 42.5 Å². The first-order chi connectivity index (χ1) is 31.7. The highest BCUT2D eigenvalue weighted by molar-refractivity contribution is 7.90. The Kier molecular flexibility index (Phi) is 15.5. The van der Waals surface area contributed by atoms with Crippen molar-refractivity contribution in [3.8, 4) is 34.0 Å². The maximum atomic E-state index is 14.5. The number of hydrogen-bond donors (Lipinski definition) is 3. The molecule has 4 aromatic heterocycles. The summed E-state index contributed by atoms with van der Waals surface area (Å²) in [6.07, 6.45) is 9.29. The molecule has 2 aromatic carbocycles. The second-order valence-corrected chi connectivity index (χ2v) is 19.4. The number of methoxy groups -OCH3 is 2. The Labute approximate surface area is 385 Å². The molecule has 4 N–H and O–H groups in total. The van der Waals surface area contributed by atoms with Gasteiger partial charge >= 0.3 is 16.0 Å². The molecule has 23 heteroatoms. The number of carbonyl (C=O) groups is 2. The van der Waals surface area contributed by atoms with Crippen molar-refractivity contribution >= 4 is 31.9 Å². The molecule has 2 fully saturated rings. The van der Waals surface area contributed by atoms with E-state index < -0.39 is 42.9 Å². The van der Waals surface area contributed by atoms with Gasteiger partial charge in [0.25, 0.3) is 20.3 Å². The van der Waals surface area contributed by atoms with Gasteiger partial charge in [-0.1, -0.05) is 27.7 Å². The quantitative estimate of drug-likeness (QED) is 0.108. The molecule has 0 spiro atoms. The number of carboxylic acid groups (broad SMARTS) is 1. The molecule has 0 atom stereocenters. The molecule has 19 nitrogen and oxygen atoms in total. The highest BCUT2D eigenvalue weighted by atomic mass is 32.2. The predicted octanol–water partition coefficient (Wildman–Crippen LogP) is 5.90. The number of aliphatic carboxylic acids is 1. The summed E-state index contributed by atoms with van der Waals surface area (Å²) in [5, 5.41) is 21.0. The summed E-state index contributed by atoms with van der Waals surface area (Å²) in [5.41, 5.74) is 4.75. The van der Waals surface area contributed by atoms with Crippen LogP contribution in [0.15, 0.2) is 83.9 Å². The molecule has 0 aliphatic heterocycles. The molecule has 4 heterocycles. The van der Waals surface area contributed by atoms with Gasteiger partial charge in [-0.2, -0.15) is 8.42 Å². The molecule has 2 aliphatic rings. The van der Waals surface area contributed by atoms with Crippen molar-refractivity contribution in [2.75, 3.05) is 14.2 Å². The fourth-order valence-electron chi connectivity index (χ4n) is 6.98. The number of nitrogens with one attached hydrogen (secondary N) is 1. The Morgan fingerprint density at radius 2 is 1.15 bits per heavy atom. The fourth-order valence-corrected chi connectivity index (χ4v) is 8.23. The van der Waals surface area contributed by atoms with Crippen LogP contribution in [0.4, 0.5) is 8.78 Å². The van der Waals surface area contributed by atoms with Crippen LogP contribution in [0.25, 0.3) is 22.3 Å². The molecule has 356 valence electrons. The predicted molar refractivity (Wildman–Crippen MR) is 239 cm³/mol. The summed E-state index contributed by atoms with van der Waals surface area (Å²) in [7, 11) is -5.01. The number of aromatic nitrogens is 8. The van der Waals surface area contributed by atoms with Crippen molar-refractivity contribution in [2.24, 2.45) is 5.14 Å². The van der Waals surface area contributed by atoms with E-state index in [0.29, 0.717) is 62.3 Å². The normalized spacial score (nSPS) is 13.6. The number of carbonyl (C=O) groups excluding carboxylic acids is 1. The Morgan fingerprint density at radius 1 is 0.716 bits per heavy atom. The van der Waals surface area contributed by atoms with Gasteiger partial charge in [0, 0.05) is 24.5 Å². The van der Waals surface area contributed by atoms with E-state index in [9.17, 15) is 40.3 Å². The zero-order valence-corrected chi connectivity index (χ0v) is 39.1. The minimum Gasteiger partial charge on any atom is -0.481 e. The van der Waals surface area contributed by atoms with E-state index in [4.69, 9.17) is 14.6 Å². The molecule has 67 heavy (non-hydrogen) atoms. The summed E-state index contributed by atoms with van der Waals surface area (Å²) < 4.78 is 90.5. The zero-order chi connectivity index (χ0) is 48.8. The monoisotopic (exact) mass is 964 g/mol. The number of pyridine rings is 2. The number of benzene rings is 2. The molecule has 0 saturated heterocycles. The summed E-state index contributed by atoms with van der Waals surface area (Å²) in [6.45, 7) is 7.57. The van der Waals surface area contributed by atoms with Gasteiger partial charge in [-0.25, -0.2) is 56.4 Å². The van der Waals surface area contributed by atoms with Crippen LogP contribution in [0.1, 0.15) is 99.6 Å². The molecule has 2 aliphatic carbocycles. The average Bonchev–Trinajstić information content (AvgIpc) is 4.20. The lowest BCUT2D eigenvalue weighted by molar-refractivity contribution is -0.136. The maximum Gasteiger partial charge on any atom is 0.307 e. The van der Waals surface area contributed by atoms with E-state index in [1.165, 1.54) is 62.0 Å². The zero-order valence-electron chi connectivity index (χ0n) is 37.4. The molecule has 6 aromatic rings. The molecule has 2 saturated carbocycles. The Balaban J connectivity index is 0.000000186. The molecule has 8 rings (SSSR count). The number of sulfonamides is 2. The third-order valence-corrected chi connectivity index (χ3v) is 12.3. The summed E-state index contributed by atoms with van der Waals surface area (Å²) in [6, 6.07) is 12.6. The molecular formula is C44H50F2N10O9S2. The lowest BCUT2D eigenvalue weighted by Crippen LogP contribution is -2.33. The van der Waals surface area contributed by atoms with Crippen LogP contribution in [-0.4, -0.2) is 87.5 Å². The van der Waals surface area contributed by atoms with Gasteiger partial charge in [0.15, 0.2) is 0 Å². The van der Waals surface area contributed by atoms with Gasteiger partial charge in [-0.3, -0.25) is 9.59 Å². The van der Waals surface area contributed by atoms with Gasteiger partial charge in [0.2, 0.25) is 17.7 Å². The highest BCUT2D eigenvalue weighted by Crippen LogP contribution is 2.36. The van der Waals surface area contributed by atoms with Gasteiger partial charge in [-0.05, 0) is 118 Å². The summed E-state index contributed by atoms with van der Waals surface area (Å²) >= 11 is 0. The number of nitrogens with zero attached hydrogens (tertiary/aromatic N) is 8. The number of hydrogen-bond acceptors (Lipinski definition) is 14. The van der Waals surface area contributed by atoms with E-state index in [-0.39, 0.29) is 41.7 Å². The first kappa shape index (κ1) is 49.7. The van der Waals surface area contributed by atoms with Crippen molar-refractivity contribution in [1.29, 1.82) is 0 Å². The molecule has 0 radical (unpaired) electrons. The number of nitrogens with two attached hydrogens (primary N) is 1. The molecule has 0 bridgehead atoms. The first-order valence-corrected chi connectivity index (χ1v) is 24.0. The highest BCUT2D eigenvalue weighted by Gasteiger charge is 2.30. The number of amides is 1. The van der Waals surface area contributed by atoms with Crippen LogP contribution in [0.5, 0.6) is 11.8 Å². The summed E-state index contributed by atoms with van der Waals surface area (Å²) in [4.78, 5) is 39.5. The van der Waals surface area contributed by atoms with E-state index >= 15 is 0 Å². The molecule has 0 unspecified atom stereocenters. The minimum absolute atomic E-state index is 0.0209. The minimum atomic E-state index is -4.24. The first-order valence-electron chi connectivity index (χ1n) is 20.9. The fraction of sp³-hybridized carbons (Fsp3) is 0.364. The van der Waals surface area contributed by atoms with Gasteiger partial charge in [0.1, 0.15) is 24.3 Å².